The molecule has 1 rings (SSSR count). The van der Waals surface area contributed by atoms with E-state index in [1.54, 1.807) is 18.2 Å². The number of rotatable bonds is 3. The second-order valence-electron chi connectivity index (χ2n) is 5.18. The molecule has 19 heavy (non-hydrogen) atoms. The number of hydrogen-bond donors (Lipinski definition) is 2. The van der Waals surface area contributed by atoms with Crippen LogP contribution in [0.25, 0.3) is 0 Å². The molecule has 4 nitrogen and oxygen atoms in total. The van der Waals surface area contributed by atoms with Crippen molar-refractivity contribution in [3.05, 3.63) is 28.2 Å². The maximum Gasteiger partial charge on any atom is 0.233 e. The van der Waals surface area contributed by atoms with E-state index in [2.05, 4.69) is 10.6 Å². The summed E-state index contributed by atoms with van der Waals surface area (Å²) in [6.45, 7) is 5.54. The molecule has 0 fully saturated rings. The monoisotopic (exact) mass is 302 g/mol. The fourth-order valence-electron chi connectivity index (χ4n) is 1.44. The molecule has 1 aromatic carbocycles. The Morgan fingerprint density at radius 1 is 1.05 bits per heavy atom. The highest BCUT2D eigenvalue weighted by molar-refractivity contribution is 6.35. The molecule has 0 radical (unpaired) electrons. The number of hydrogen-bond acceptors (Lipinski definition) is 2. The minimum atomic E-state index is -0.417. The molecule has 1 aromatic rings. The van der Waals surface area contributed by atoms with Gasteiger partial charge >= 0.3 is 0 Å². The van der Waals surface area contributed by atoms with Crippen molar-refractivity contribution in [2.75, 3.05) is 5.32 Å². The van der Waals surface area contributed by atoms with Crippen LogP contribution < -0.4 is 10.6 Å². The fraction of sp³-hybridized carbons (Fsp3) is 0.385. The Balaban J connectivity index is 2.58. The van der Waals surface area contributed by atoms with Crippen molar-refractivity contribution in [3.63, 3.8) is 0 Å². The second-order valence-corrected chi connectivity index (χ2v) is 6.05. The Morgan fingerprint density at radius 3 is 2.05 bits per heavy atom. The van der Waals surface area contributed by atoms with Crippen molar-refractivity contribution in [2.24, 2.45) is 0 Å². The molecule has 0 aliphatic rings. The van der Waals surface area contributed by atoms with Crippen LogP contribution in [0.5, 0.6) is 0 Å². The van der Waals surface area contributed by atoms with Gasteiger partial charge < -0.3 is 10.6 Å². The highest BCUT2D eigenvalue weighted by Crippen LogP contribution is 2.22. The highest BCUT2D eigenvalue weighted by atomic mass is 35.5. The average Bonchev–Trinajstić information content (AvgIpc) is 2.10. The lowest BCUT2D eigenvalue weighted by Gasteiger charge is -2.20. The van der Waals surface area contributed by atoms with Crippen LogP contribution in [0, 0.1) is 0 Å². The lowest BCUT2D eigenvalue weighted by Crippen LogP contribution is -2.41. The summed E-state index contributed by atoms with van der Waals surface area (Å²) in [7, 11) is 0. The Bertz CT molecular complexity index is 476. The smallest absolute Gasteiger partial charge is 0.233 e. The summed E-state index contributed by atoms with van der Waals surface area (Å²) < 4.78 is 0. The van der Waals surface area contributed by atoms with Gasteiger partial charge in [0, 0.05) is 21.3 Å². The van der Waals surface area contributed by atoms with Crippen LogP contribution in [0.2, 0.25) is 10.0 Å². The molecule has 6 heteroatoms. The van der Waals surface area contributed by atoms with E-state index in [1.165, 1.54) is 0 Å². The molecule has 0 aromatic heterocycles. The van der Waals surface area contributed by atoms with Crippen molar-refractivity contribution in [2.45, 2.75) is 32.7 Å². The van der Waals surface area contributed by atoms with Gasteiger partial charge in [0.1, 0.15) is 6.42 Å². The van der Waals surface area contributed by atoms with Gasteiger partial charge in [-0.1, -0.05) is 23.2 Å². The van der Waals surface area contributed by atoms with Crippen molar-refractivity contribution in [3.8, 4) is 0 Å². The van der Waals surface area contributed by atoms with Crippen LogP contribution in [0.15, 0.2) is 18.2 Å². The van der Waals surface area contributed by atoms with Crippen molar-refractivity contribution in [1.29, 1.82) is 0 Å². The number of amides is 2. The van der Waals surface area contributed by atoms with Gasteiger partial charge in [-0.2, -0.15) is 0 Å². The number of carbonyl (C=O) groups excluding carboxylic acids is 2. The molecule has 2 amide bonds. The van der Waals surface area contributed by atoms with E-state index in [-0.39, 0.29) is 17.9 Å². The Labute approximate surface area is 122 Å². The molecular weight excluding hydrogens is 287 g/mol. The zero-order valence-electron chi connectivity index (χ0n) is 11.0. The fourth-order valence-corrected chi connectivity index (χ4v) is 1.97. The topological polar surface area (TPSA) is 58.2 Å². The molecule has 0 heterocycles. The first-order chi connectivity index (χ1) is 8.65. The maximum absolute atomic E-state index is 11.7. The minimum absolute atomic E-state index is 0.249. The summed E-state index contributed by atoms with van der Waals surface area (Å²) in [5.74, 6) is -0.752. The molecule has 0 aliphatic heterocycles. The van der Waals surface area contributed by atoms with E-state index in [0.717, 1.165) is 0 Å². The summed E-state index contributed by atoms with van der Waals surface area (Å²) in [6.07, 6.45) is -0.249. The number of halogens is 2. The first-order valence-electron chi connectivity index (χ1n) is 5.73. The summed E-state index contributed by atoms with van der Waals surface area (Å²) in [5, 5.41) is 6.12. The largest absolute Gasteiger partial charge is 0.351 e. The first kappa shape index (κ1) is 15.8. The van der Waals surface area contributed by atoms with Gasteiger partial charge in [-0.05, 0) is 39.0 Å². The minimum Gasteiger partial charge on any atom is -0.351 e. The molecule has 2 N–H and O–H groups in total. The zero-order valence-corrected chi connectivity index (χ0v) is 12.5. The van der Waals surface area contributed by atoms with E-state index in [9.17, 15) is 9.59 Å². The quantitative estimate of drug-likeness (QED) is 0.842. The van der Waals surface area contributed by atoms with Gasteiger partial charge in [0.2, 0.25) is 11.8 Å². The van der Waals surface area contributed by atoms with Crippen LogP contribution in [0.3, 0.4) is 0 Å². The lowest BCUT2D eigenvalue weighted by molar-refractivity contribution is -0.127. The maximum atomic E-state index is 11.7. The Morgan fingerprint density at radius 2 is 1.58 bits per heavy atom. The zero-order chi connectivity index (χ0) is 14.6. The third-order valence-electron chi connectivity index (χ3n) is 1.98. The van der Waals surface area contributed by atoms with Gasteiger partial charge in [-0.25, -0.2) is 0 Å². The highest BCUT2D eigenvalue weighted by Gasteiger charge is 2.16. The normalized spacial score (nSPS) is 11.0. The first-order valence-corrected chi connectivity index (χ1v) is 6.48. The SMILES string of the molecule is CC(C)(C)NC(=O)CC(=O)Nc1cc(Cl)cc(Cl)c1. The van der Waals surface area contributed by atoms with Crippen molar-refractivity contribution >= 4 is 40.7 Å². The lowest BCUT2D eigenvalue weighted by atomic mass is 10.1. The molecule has 0 saturated carbocycles. The number of benzene rings is 1. The Kier molecular flexibility index (Phi) is 5.20. The number of anilines is 1. The van der Waals surface area contributed by atoms with E-state index < -0.39 is 5.91 Å². The van der Waals surface area contributed by atoms with Gasteiger partial charge in [0.25, 0.3) is 0 Å². The van der Waals surface area contributed by atoms with E-state index in [0.29, 0.717) is 15.7 Å². The molecule has 0 spiro atoms. The predicted octanol–water partition coefficient (Wildman–Crippen LogP) is 3.24. The molecule has 104 valence electrons. The van der Waals surface area contributed by atoms with Gasteiger partial charge in [0.15, 0.2) is 0 Å². The van der Waals surface area contributed by atoms with Crippen LogP contribution in [0.4, 0.5) is 5.69 Å². The summed E-state index contributed by atoms with van der Waals surface area (Å²) in [5.41, 5.74) is 0.0996. The molecule has 0 aliphatic carbocycles. The number of nitrogens with one attached hydrogen (secondary N) is 2. The number of carbonyl (C=O) groups is 2. The average molecular weight is 303 g/mol. The molecule has 0 unspecified atom stereocenters. The van der Waals surface area contributed by atoms with Crippen LogP contribution in [-0.4, -0.2) is 17.4 Å². The van der Waals surface area contributed by atoms with Crippen LogP contribution >= 0.6 is 23.2 Å². The Hall–Kier alpha value is -1.26. The standard InChI is InChI=1S/C13H16Cl2N2O2/c1-13(2,3)17-12(19)7-11(18)16-10-5-8(14)4-9(15)6-10/h4-6H,7H2,1-3H3,(H,16,18)(H,17,19). The third-order valence-corrected chi connectivity index (χ3v) is 2.42. The van der Waals surface area contributed by atoms with Crippen molar-refractivity contribution in [1.82, 2.24) is 5.32 Å². The molecule has 0 saturated heterocycles. The van der Waals surface area contributed by atoms with E-state index >= 15 is 0 Å². The molecule has 0 bridgehead atoms. The third kappa shape index (κ3) is 6.45. The summed E-state index contributed by atoms with van der Waals surface area (Å²) in [6, 6.07) is 4.69. The van der Waals surface area contributed by atoms with E-state index in [1.807, 2.05) is 20.8 Å². The van der Waals surface area contributed by atoms with Gasteiger partial charge in [-0.3, -0.25) is 9.59 Å². The van der Waals surface area contributed by atoms with Crippen LogP contribution in [-0.2, 0) is 9.59 Å². The predicted molar refractivity (Wildman–Crippen MR) is 77.6 cm³/mol. The van der Waals surface area contributed by atoms with Crippen molar-refractivity contribution < 1.29 is 9.59 Å². The summed E-state index contributed by atoms with van der Waals surface area (Å²) >= 11 is 11.6. The molecular formula is C13H16Cl2N2O2. The van der Waals surface area contributed by atoms with Gasteiger partial charge in [0.05, 0.1) is 0 Å². The van der Waals surface area contributed by atoms with E-state index in [4.69, 9.17) is 23.2 Å². The van der Waals surface area contributed by atoms with Gasteiger partial charge in [-0.15, -0.1) is 0 Å². The summed E-state index contributed by atoms with van der Waals surface area (Å²) in [4.78, 5) is 23.2. The second kappa shape index (κ2) is 6.26. The van der Waals surface area contributed by atoms with Crippen LogP contribution in [0.1, 0.15) is 27.2 Å². The molecule has 0 atom stereocenters.